The molecule has 0 heterocycles. The summed E-state index contributed by atoms with van der Waals surface area (Å²) < 4.78 is 0. The Balaban J connectivity index is 4.28. The zero-order valence-corrected chi connectivity index (χ0v) is 7.23. The minimum atomic E-state index is 0.0729. The average Bonchev–Trinajstić information content (AvgIpc) is 1.90. The first-order chi connectivity index (χ1) is 4.58. The van der Waals surface area contributed by atoms with E-state index < -0.39 is 0 Å². The molecule has 0 bridgehead atoms. The van der Waals surface area contributed by atoms with Gasteiger partial charge >= 0.3 is 0 Å². The van der Waals surface area contributed by atoms with Gasteiger partial charge < -0.3 is 5.43 Å². The Morgan fingerprint density at radius 1 is 1.60 bits per heavy atom. The van der Waals surface area contributed by atoms with Crippen LogP contribution in [0.25, 0.3) is 0 Å². The van der Waals surface area contributed by atoms with Crippen LogP contribution < -0.4 is 11.3 Å². The molecule has 0 aliphatic carbocycles. The minimum absolute atomic E-state index is 0.0729. The van der Waals surface area contributed by atoms with E-state index in [0.717, 1.165) is 12.3 Å². The predicted octanol–water partition coefficient (Wildman–Crippen LogP) is 0.914. The van der Waals surface area contributed by atoms with Crippen LogP contribution in [0.4, 0.5) is 0 Å². The van der Waals surface area contributed by atoms with Crippen LogP contribution in [0.1, 0.15) is 27.2 Å². The van der Waals surface area contributed by atoms with E-state index in [4.69, 9.17) is 5.84 Å². The molecule has 0 amide bonds. The lowest BCUT2D eigenvalue weighted by atomic mass is 9.89. The monoisotopic (exact) mass is 143 g/mol. The second kappa shape index (κ2) is 3.56. The van der Waals surface area contributed by atoms with Crippen molar-refractivity contribution >= 4 is 5.84 Å². The highest BCUT2D eigenvalue weighted by Crippen LogP contribution is 2.19. The summed E-state index contributed by atoms with van der Waals surface area (Å²) >= 11 is 0. The number of nitrogens with two attached hydrogens (primary N) is 1. The van der Waals surface area contributed by atoms with Gasteiger partial charge in [-0.15, -0.1) is 0 Å². The van der Waals surface area contributed by atoms with Gasteiger partial charge in [-0.2, -0.15) is 0 Å². The van der Waals surface area contributed by atoms with Crippen molar-refractivity contribution in [1.29, 1.82) is 0 Å². The fourth-order valence-corrected chi connectivity index (χ4v) is 0.730. The molecule has 0 unspecified atom stereocenters. The molecular weight excluding hydrogens is 126 g/mol. The maximum Gasteiger partial charge on any atom is 0.116 e. The molecule has 3 N–H and O–H groups in total. The molecule has 0 aromatic rings. The first kappa shape index (κ1) is 9.43. The summed E-state index contributed by atoms with van der Waals surface area (Å²) in [6, 6.07) is 0. The second-order valence-electron chi connectivity index (χ2n) is 2.95. The highest BCUT2D eigenvalue weighted by atomic mass is 15.3. The van der Waals surface area contributed by atoms with E-state index >= 15 is 0 Å². The smallest absolute Gasteiger partial charge is 0.116 e. The van der Waals surface area contributed by atoms with Crippen molar-refractivity contribution in [2.75, 3.05) is 7.05 Å². The summed E-state index contributed by atoms with van der Waals surface area (Å²) in [6.07, 6.45) is 1.03. The van der Waals surface area contributed by atoms with Gasteiger partial charge in [0.2, 0.25) is 0 Å². The Labute approximate surface area is 62.7 Å². The summed E-state index contributed by atoms with van der Waals surface area (Å²) in [5, 5.41) is 0. The fraction of sp³-hybridized carbons (Fsp3) is 0.857. The molecule has 0 aromatic carbocycles. The molecular formula is C7H17N3. The lowest BCUT2D eigenvalue weighted by Gasteiger charge is -2.23. The minimum Gasteiger partial charge on any atom is -0.312 e. The topological polar surface area (TPSA) is 50.4 Å². The number of nitrogens with one attached hydrogen (secondary N) is 1. The Kier molecular flexibility index (Phi) is 3.36. The number of hydrogen-bond donors (Lipinski definition) is 2. The molecule has 0 aliphatic rings. The van der Waals surface area contributed by atoms with Gasteiger partial charge in [0.15, 0.2) is 0 Å². The molecule has 0 spiro atoms. The van der Waals surface area contributed by atoms with Gasteiger partial charge in [0.1, 0.15) is 5.84 Å². The largest absolute Gasteiger partial charge is 0.312 e. The zero-order valence-electron chi connectivity index (χ0n) is 7.23. The number of aliphatic imine (C=N–C) groups is 1. The Morgan fingerprint density at radius 2 is 2.10 bits per heavy atom. The van der Waals surface area contributed by atoms with Gasteiger partial charge in [-0.25, -0.2) is 5.84 Å². The number of nitrogens with zero attached hydrogens (tertiary/aromatic N) is 1. The lowest BCUT2D eigenvalue weighted by Crippen LogP contribution is -2.40. The van der Waals surface area contributed by atoms with E-state index in [1.54, 1.807) is 7.05 Å². The van der Waals surface area contributed by atoms with E-state index in [-0.39, 0.29) is 5.41 Å². The SMILES string of the molecule is CCC(C)(C)C(=NC)NN. The number of hydrazine groups is 1. The molecule has 60 valence electrons. The third-order valence-corrected chi connectivity index (χ3v) is 1.89. The predicted molar refractivity (Wildman–Crippen MR) is 44.8 cm³/mol. The third-order valence-electron chi connectivity index (χ3n) is 1.89. The molecule has 10 heavy (non-hydrogen) atoms. The summed E-state index contributed by atoms with van der Waals surface area (Å²) in [5.74, 6) is 6.12. The quantitative estimate of drug-likeness (QED) is 0.261. The van der Waals surface area contributed by atoms with Gasteiger partial charge in [0, 0.05) is 12.5 Å². The molecule has 3 nitrogen and oxygen atoms in total. The van der Waals surface area contributed by atoms with Crippen LogP contribution in [-0.4, -0.2) is 12.9 Å². The molecule has 0 aromatic heterocycles. The number of hydrogen-bond acceptors (Lipinski definition) is 2. The third kappa shape index (κ3) is 1.99. The van der Waals surface area contributed by atoms with Crippen molar-refractivity contribution in [3.63, 3.8) is 0 Å². The molecule has 0 saturated heterocycles. The Bertz CT molecular complexity index is 127. The summed E-state index contributed by atoms with van der Waals surface area (Å²) in [4.78, 5) is 4.03. The normalized spacial score (nSPS) is 13.5. The Hall–Kier alpha value is -0.570. The van der Waals surface area contributed by atoms with Crippen LogP contribution in [0.5, 0.6) is 0 Å². The van der Waals surface area contributed by atoms with Crippen molar-refractivity contribution in [2.24, 2.45) is 16.3 Å². The fourth-order valence-electron chi connectivity index (χ4n) is 0.730. The molecule has 0 fully saturated rings. The zero-order chi connectivity index (χ0) is 8.20. The van der Waals surface area contributed by atoms with Crippen LogP contribution in [0.2, 0.25) is 0 Å². The summed E-state index contributed by atoms with van der Waals surface area (Å²) in [7, 11) is 1.74. The van der Waals surface area contributed by atoms with Crippen LogP contribution in [0.15, 0.2) is 4.99 Å². The lowest BCUT2D eigenvalue weighted by molar-refractivity contribution is 0.485. The van der Waals surface area contributed by atoms with Gasteiger partial charge in [-0.1, -0.05) is 20.8 Å². The van der Waals surface area contributed by atoms with Crippen molar-refractivity contribution in [2.45, 2.75) is 27.2 Å². The van der Waals surface area contributed by atoms with E-state index in [1.165, 1.54) is 0 Å². The van der Waals surface area contributed by atoms with E-state index in [1.807, 2.05) is 0 Å². The van der Waals surface area contributed by atoms with Gasteiger partial charge in [-0.05, 0) is 6.42 Å². The van der Waals surface area contributed by atoms with Crippen molar-refractivity contribution in [3.8, 4) is 0 Å². The highest BCUT2D eigenvalue weighted by molar-refractivity contribution is 5.86. The maximum atomic E-state index is 5.26. The summed E-state index contributed by atoms with van der Waals surface area (Å²) in [6.45, 7) is 6.33. The molecule has 0 saturated carbocycles. The average molecular weight is 143 g/mol. The molecule has 0 radical (unpaired) electrons. The maximum absolute atomic E-state index is 5.26. The highest BCUT2D eigenvalue weighted by Gasteiger charge is 2.20. The van der Waals surface area contributed by atoms with Crippen molar-refractivity contribution in [1.82, 2.24) is 5.43 Å². The molecule has 3 heteroatoms. The first-order valence-corrected chi connectivity index (χ1v) is 3.52. The van der Waals surface area contributed by atoms with Crippen molar-refractivity contribution in [3.05, 3.63) is 0 Å². The van der Waals surface area contributed by atoms with Gasteiger partial charge in [0.25, 0.3) is 0 Å². The van der Waals surface area contributed by atoms with Crippen LogP contribution >= 0.6 is 0 Å². The molecule has 0 aliphatic heterocycles. The van der Waals surface area contributed by atoms with E-state index in [2.05, 4.69) is 31.2 Å². The standard InChI is InChI=1S/C7H17N3/c1-5-7(2,3)6(9-4)10-8/h5,8H2,1-4H3,(H,9,10). The number of rotatable bonds is 2. The van der Waals surface area contributed by atoms with Crippen LogP contribution in [0, 0.1) is 5.41 Å². The van der Waals surface area contributed by atoms with Crippen LogP contribution in [-0.2, 0) is 0 Å². The van der Waals surface area contributed by atoms with Gasteiger partial charge in [-0.3, -0.25) is 4.99 Å². The summed E-state index contributed by atoms with van der Waals surface area (Å²) in [5.41, 5.74) is 2.67. The Morgan fingerprint density at radius 3 is 2.20 bits per heavy atom. The van der Waals surface area contributed by atoms with E-state index in [0.29, 0.717) is 0 Å². The van der Waals surface area contributed by atoms with Gasteiger partial charge in [0.05, 0.1) is 0 Å². The number of amidine groups is 1. The van der Waals surface area contributed by atoms with E-state index in [9.17, 15) is 0 Å². The van der Waals surface area contributed by atoms with Crippen LogP contribution in [0.3, 0.4) is 0 Å². The molecule has 0 atom stereocenters. The van der Waals surface area contributed by atoms with Crippen molar-refractivity contribution < 1.29 is 0 Å². The second-order valence-corrected chi connectivity index (χ2v) is 2.95. The first-order valence-electron chi connectivity index (χ1n) is 3.52. The molecule has 0 rings (SSSR count).